The van der Waals surface area contributed by atoms with E-state index in [2.05, 4.69) is 41.2 Å². The fourth-order valence-corrected chi connectivity index (χ4v) is 3.91. The highest BCUT2D eigenvalue weighted by atomic mass is 32.2. The van der Waals surface area contributed by atoms with Gasteiger partial charge in [0.2, 0.25) is 5.91 Å². The number of carbonyl (C=O) groups is 1. The van der Waals surface area contributed by atoms with Gasteiger partial charge in [-0.2, -0.15) is 5.26 Å². The van der Waals surface area contributed by atoms with Crippen molar-refractivity contribution in [2.45, 2.75) is 31.3 Å². The Kier molecular flexibility index (Phi) is 7.20. The molecule has 0 atom stereocenters. The molecule has 0 fully saturated rings. The van der Waals surface area contributed by atoms with Gasteiger partial charge in [0.1, 0.15) is 0 Å². The molecule has 0 aliphatic carbocycles. The summed E-state index contributed by atoms with van der Waals surface area (Å²) in [6, 6.07) is 14.0. The average Bonchev–Trinajstić information content (AvgIpc) is 3.20. The van der Waals surface area contributed by atoms with Crippen LogP contribution in [0.3, 0.4) is 0 Å². The van der Waals surface area contributed by atoms with Gasteiger partial charge in [0, 0.05) is 31.5 Å². The van der Waals surface area contributed by atoms with Gasteiger partial charge in [-0.25, -0.2) is 0 Å². The smallest absolute Gasteiger partial charge is 0.232 e. The Hall–Kier alpha value is -3.18. The molecule has 3 aromatic rings. The highest BCUT2D eigenvalue weighted by Crippen LogP contribution is 2.31. The lowest BCUT2D eigenvalue weighted by Gasteiger charge is -2.18. The summed E-state index contributed by atoms with van der Waals surface area (Å²) in [7, 11) is 1.71. The van der Waals surface area contributed by atoms with Gasteiger partial charge >= 0.3 is 0 Å². The zero-order valence-corrected chi connectivity index (χ0v) is 18.1. The Labute approximate surface area is 180 Å². The molecule has 2 heterocycles. The van der Waals surface area contributed by atoms with Crippen LogP contribution >= 0.6 is 11.8 Å². The molecule has 0 spiro atoms. The van der Waals surface area contributed by atoms with Gasteiger partial charge in [0.25, 0.3) is 0 Å². The fraction of sp³-hybridized carbons (Fsp3) is 0.318. The molecule has 7 nitrogen and oxygen atoms in total. The van der Waals surface area contributed by atoms with E-state index >= 15 is 0 Å². The number of rotatable bonds is 8. The summed E-state index contributed by atoms with van der Waals surface area (Å²) < 4.78 is 2.00. The van der Waals surface area contributed by atoms with Crippen molar-refractivity contribution in [3.63, 3.8) is 0 Å². The van der Waals surface area contributed by atoms with E-state index in [0.717, 1.165) is 11.3 Å². The van der Waals surface area contributed by atoms with Gasteiger partial charge in [-0.1, -0.05) is 43.8 Å². The second-order valence-electron chi connectivity index (χ2n) is 7.11. The number of nitrogens with zero attached hydrogens (tertiary/aromatic N) is 6. The van der Waals surface area contributed by atoms with Crippen molar-refractivity contribution in [1.29, 1.82) is 5.26 Å². The van der Waals surface area contributed by atoms with Crippen molar-refractivity contribution in [3.8, 4) is 23.1 Å². The van der Waals surface area contributed by atoms with Crippen LogP contribution in [0.2, 0.25) is 0 Å². The first kappa shape index (κ1) is 21.5. The molecule has 30 heavy (non-hydrogen) atoms. The number of aromatic nitrogens is 4. The Balaban J connectivity index is 1.98. The number of carbonyl (C=O) groups excluding carboxylic acids is 1. The molecule has 0 saturated heterocycles. The molecule has 2 aromatic heterocycles. The summed E-state index contributed by atoms with van der Waals surface area (Å²) in [5.41, 5.74) is 3.01. The molecule has 0 N–H and O–H groups in total. The van der Waals surface area contributed by atoms with Crippen LogP contribution in [0.1, 0.15) is 31.7 Å². The van der Waals surface area contributed by atoms with Crippen LogP contribution in [0.25, 0.3) is 17.1 Å². The van der Waals surface area contributed by atoms with E-state index in [1.807, 2.05) is 34.9 Å². The van der Waals surface area contributed by atoms with Crippen LogP contribution in [-0.2, 0) is 4.79 Å². The second kappa shape index (κ2) is 10.0. The summed E-state index contributed by atoms with van der Waals surface area (Å²) in [6.07, 6.45) is 3.79. The van der Waals surface area contributed by atoms with Crippen molar-refractivity contribution in [2.24, 2.45) is 0 Å². The highest BCUT2D eigenvalue weighted by molar-refractivity contribution is 7.99. The fourth-order valence-electron chi connectivity index (χ4n) is 3.02. The lowest BCUT2D eigenvalue weighted by molar-refractivity contribution is -0.127. The molecule has 3 rings (SSSR count). The second-order valence-corrected chi connectivity index (χ2v) is 8.05. The van der Waals surface area contributed by atoms with Crippen LogP contribution in [-0.4, -0.2) is 49.9 Å². The monoisotopic (exact) mass is 420 g/mol. The number of benzene rings is 1. The molecular weight excluding hydrogens is 396 g/mol. The Morgan fingerprint density at radius 3 is 2.73 bits per heavy atom. The van der Waals surface area contributed by atoms with Gasteiger partial charge in [0.05, 0.1) is 23.9 Å². The SMILES string of the molecule is CC(C)c1ccccc1-n1c(SCC(=O)N(C)CCC#N)nnc1-c1cccnc1. The molecule has 0 saturated carbocycles. The van der Waals surface area contributed by atoms with Crippen molar-refractivity contribution >= 4 is 17.7 Å². The zero-order valence-electron chi connectivity index (χ0n) is 17.3. The molecule has 1 aromatic carbocycles. The number of nitriles is 1. The minimum atomic E-state index is -0.0510. The third-order valence-corrected chi connectivity index (χ3v) is 5.58. The number of pyridine rings is 1. The van der Waals surface area contributed by atoms with Crippen molar-refractivity contribution in [2.75, 3.05) is 19.3 Å². The van der Waals surface area contributed by atoms with Gasteiger partial charge in [-0.15, -0.1) is 10.2 Å². The van der Waals surface area contributed by atoms with Gasteiger partial charge < -0.3 is 4.90 Å². The highest BCUT2D eigenvalue weighted by Gasteiger charge is 2.20. The van der Waals surface area contributed by atoms with E-state index in [0.29, 0.717) is 29.9 Å². The third kappa shape index (κ3) is 4.86. The van der Waals surface area contributed by atoms with E-state index in [4.69, 9.17) is 5.26 Å². The largest absolute Gasteiger partial charge is 0.344 e. The predicted molar refractivity (Wildman–Crippen MR) is 117 cm³/mol. The summed E-state index contributed by atoms with van der Waals surface area (Å²) in [5.74, 6) is 1.16. The van der Waals surface area contributed by atoms with Crippen molar-refractivity contribution in [3.05, 3.63) is 54.4 Å². The Bertz CT molecular complexity index is 1040. The first-order valence-electron chi connectivity index (χ1n) is 9.71. The zero-order chi connectivity index (χ0) is 21.5. The maximum Gasteiger partial charge on any atom is 0.232 e. The van der Waals surface area contributed by atoms with Crippen LogP contribution < -0.4 is 0 Å². The molecule has 0 aliphatic heterocycles. The van der Waals surface area contributed by atoms with E-state index < -0.39 is 0 Å². The molecule has 0 unspecified atom stereocenters. The lowest BCUT2D eigenvalue weighted by Crippen LogP contribution is -2.29. The topological polar surface area (TPSA) is 87.7 Å². The average molecular weight is 421 g/mol. The van der Waals surface area contributed by atoms with E-state index in [1.54, 1.807) is 24.3 Å². The molecule has 154 valence electrons. The number of para-hydroxylation sites is 1. The van der Waals surface area contributed by atoms with Crippen LogP contribution in [0.15, 0.2) is 53.9 Å². The van der Waals surface area contributed by atoms with Crippen LogP contribution in [0, 0.1) is 11.3 Å². The van der Waals surface area contributed by atoms with E-state index in [1.165, 1.54) is 17.3 Å². The minimum Gasteiger partial charge on any atom is -0.344 e. The lowest BCUT2D eigenvalue weighted by atomic mass is 10.0. The van der Waals surface area contributed by atoms with Gasteiger partial charge in [0.15, 0.2) is 11.0 Å². The molecular formula is C22H24N6OS. The first-order valence-corrected chi connectivity index (χ1v) is 10.7. The summed E-state index contributed by atoms with van der Waals surface area (Å²) in [4.78, 5) is 18.2. The standard InChI is InChI=1S/C22H24N6OS/c1-16(2)18-9-4-5-10-19(18)28-21(17-8-6-12-24-14-17)25-26-22(28)30-15-20(29)27(3)13-7-11-23/h4-6,8-10,12,14,16H,7,13,15H2,1-3H3. The summed E-state index contributed by atoms with van der Waals surface area (Å²) in [6.45, 7) is 4.71. The predicted octanol–water partition coefficient (Wildman–Crippen LogP) is 3.92. The number of amides is 1. The maximum atomic E-state index is 12.5. The Morgan fingerprint density at radius 1 is 1.23 bits per heavy atom. The van der Waals surface area contributed by atoms with Crippen molar-refractivity contribution in [1.82, 2.24) is 24.6 Å². The van der Waals surface area contributed by atoms with Gasteiger partial charge in [-0.05, 0) is 29.7 Å². The van der Waals surface area contributed by atoms with E-state index in [-0.39, 0.29) is 11.7 Å². The molecule has 1 amide bonds. The maximum absolute atomic E-state index is 12.5. The Morgan fingerprint density at radius 2 is 2.03 bits per heavy atom. The molecule has 0 radical (unpaired) electrons. The molecule has 8 heteroatoms. The van der Waals surface area contributed by atoms with Crippen molar-refractivity contribution < 1.29 is 4.79 Å². The number of hydrogen-bond acceptors (Lipinski definition) is 6. The van der Waals surface area contributed by atoms with Crippen LogP contribution in [0.4, 0.5) is 0 Å². The first-order chi connectivity index (χ1) is 14.5. The van der Waals surface area contributed by atoms with Gasteiger partial charge in [-0.3, -0.25) is 14.3 Å². The summed E-state index contributed by atoms with van der Waals surface area (Å²) in [5, 5.41) is 18.2. The van der Waals surface area contributed by atoms with Crippen LogP contribution in [0.5, 0.6) is 0 Å². The normalized spacial score (nSPS) is 10.8. The number of thioether (sulfide) groups is 1. The molecule has 0 bridgehead atoms. The molecule has 0 aliphatic rings. The van der Waals surface area contributed by atoms with E-state index in [9.17, 15) is 4.79 Å². The number of hydrogen-bond donors (Lipinski definition) is 0. The quantitative estimate of drug-likeness (QED) is 0.513. The third-order valence-electron chi connectivity index (χ3n) is 4.66. The summed E-state index contributed by atoms with van der Waals surface area (Å²) >= 11 is 1.34. The minimum absolute atomic E-state index is 0.0510.